The van der Waals surface area contributed by atoms with Gasteiger partial charge >= 0.3 is 5.97 Å². The summed E-state index contributed by atoms with van der Waals surface area (Å²) in [7, 11) is 0. The van der Waals surface area contributed by atoms with Gasteiger partial charge < -0.3 is 10.1 Å². The molecule has 1 aromatic carbocycles. The smallest absolute Gasteiger partial charge is 0.330 e. The minimum Gasteiger partial charge on any atom is -0.461 e. The van der Waals surface area contributed by atoms with Crippen LogP contribution < -0.4 is 5.32 Å². The molecule has 0 saturated carbocycles. The molecule has 1 N–H and O–H groups in total. The van der Waals surface area contributed by atoms with Crippen molar-refractivity contribution in [1.29, 1.82) is 0 Å². The Balaban J connectivity index is 0.00000289. The van der Waals surface area contributed by atoms with E-state index in [0.29, 0.717) is 13.2 Å². The average Bonchev–Trinajstić information content (AvgIpc) is 2.35. The fourth-order valence-corrected chi connectivity index (χ4v) is 1.53. The van der Waals surface area contributed by atoms with Crippen molar-refractivity contribution < 1.29 is 9.53 Å². The number of carbonyl (C=O) groups excluding carboxylic acids is 1. The van der Waals surface area contributed by atoms with E-state index in [2.05, 4.69) is 37.9 Å². The normalized spacial score (nSPS) is 10.3. The molecule has 18 heavy (non-hydrogen) atoms. The zero-order valence-corrected chi connectivity index (χ0v) is 11.6. The Hall–Kier alpha value is -1.32. The van der Waals surface area contributed by atoms with Gasteiger partial charge in [-0.3, -0.25) is 0 Å². The number of esters is 1. The first kappa shape index (κ1) is 16.7. The number of nitrogens with one attached hydrogen (secondary N) is 1. The zero-order valence-electron chi connectivity index (χ0n) is 10.8. The second-order valence-electron chi connectivity index (χ2n) is 4.29. The van der Waals surface area contributed by atoms with E-state index >= 15 is 0 Å². The SMILES string of the molecule is C=CC(=O)OCCNC(C)(C)c1ccccc1.Cl. The van der Waals surface area contributed by atoms with Crippen molar-refractivity contribution in [1.82, 2.24) is 5.32 Å². The zero-order chi connectivity index (χ0) is 12.7. The standard InChI is InChI=1S/C14H19NO2.ClH/c1-4-13(16)17-11-10-15-14(2,3)12-8-6-5-7-9-12;/h4-9,15H,1,10-11H2,2-3H3;1H. The van der Waals surface area contributed by atoms with Gasteiger partial charge in [0.15, 0.2) is 0 Å². The van der Waals surface area contributed by atoms with Gasteiger partial charge in [0.25, 0.3) is 0 Å². The van der Waals surface area contributed by atoms with E-state index in [1.807, 2.05) is 18.2 Å². The molecule has 0 unspecified atom stereocenters. The van der Waals surface area contributed by atoms with Crippen LogP contribution >= 0.6 is 12.4 Å². The lowest BCUT2D eigenvalue weighted by molar-refractivity contribution is -0.137. The highest BCUT2D eigenvalue weighted by molar-refractivity contribution is 5.85. The monoisotopic (exact) mass is 269 g/mol. The molecular formula is C14H20ClNO2. The fraction of sp³-hybridized carbons (Fsp3) is 0.357. The van der Waals surface area contributed by atoms with Crippen LogP contribution in [0.25, 0.3) is 0 Å². The molecule has 0 atom stereocenters. The van der Waals surface area contributed by atoms with Crippen molar-refractivity contribution in [2.45, 2.75) is 19.4 Å². The summed E-state index contributed by atoms with van der Waals surface area (Å²) in [6.07, 6.45) is 1.17. The van der Waals surface area contributed by atoms with E-state index in [1.165, 1.54) is 11.6 Å². The number of halogens is 1. The highest BCUT2D eigenvalue weighted by Gasteiger charge is 2.18. The first-order chi connectivity index (χ1) is 8.06. The Morgan fingerprint density at radius 3 is 2.56 bits per heavy atom. The van der Waals surface area contributed by atoms with Gasteiger partial charge in [0, 0.05) is 18.2 Å². The number of ether oxygens (including phenoxy) is 1. The first-order valence-corrected chi connectivity index (χ1v) is 5.66. The minimum absolute atomic E-state index is 0. The van der Waals surface area contributed by atoms with Gasteiger partial charge in [-0.1, -0.05) is 36.9 Å². The van der Waals surface area contributed by atoms with Crippen molar-refractivity contribution in [3.8, 4) is 0 Å². The summed E-state index contributed by atoms with van der Waals surface area (Å²) in [6.45, 7) is 8.49. The van der Waals surface area contributed by atoms with Crippen LogP contribution in [0.4, 0.5) is 0 Å². The summed E-state index contributed by atoms with van der Waals surface area (Å²) in [6, 6.07) is 10.2. The van der Waals surface area contributed by atoms with Crippen LogP contribution in [0.3, 0.4) is 0 Å². The van der Waals surface area contributed by atoms with E-state index in [9.17, 15) is 4.79 Å². The van der Waals surface area contributed by atoms with Gasteiger partial charge in [-0.2, -0.15) is 0 Å². The maximum Gasteiger partial charge on any atom is 0.330 e. The van der Waals surface area contributed by atoms with Crippen molar-refractivity contribution >= 4 is 18.4 Å². The first-order valence-electron chi connectivity index (χ1n) is 5.66. The lowest BCUT2D eigenvalue weighted by Crippen LogP contribution is -2.38. The Labute approximate surface area is 115 Å². The van der Waals surface area contributed by atoms with Gasteiger partial charge in [0.2, 0.25) is 0 Å². The van der Waals surface area contributed by atoms with Crippen molar-refractivity contribution in [2.24, 2.45) is 0 Å². The maximum absolute atomic E-state index is 10.8. The minimum atomic E-state index is -0.385. The molecule has 0 fully saturated rings. The molecule has 0 radical (unpaired) electrons. The van der Waals surface area contributed by atoms with E-state index in [1.54, 1.807) is 0 Å². The van der Waals surface area contributed by atoms with Crippen molar-refractivity contribution in [3.05, 3.63) is 48.6 Å². The second-order valence-corrected chi connectivity index (χ2v) is 4.29. The quantitative estimate of drug-likeness (QED) is 0.490. The van der Waals surface area contributed by atoms with E-state index in [0.717, 1.165) is 0 Å². The van der Waals surface area contributed by atoms with Gasteiger partial charge in [0.05, 0.1) is 0 Å². The van der Waals surface area contributed by atoms with Crippen LogP contribution in [-0.4, -0.2) is 19.1 Å². The van der Waals surface area contributed by atoms with Gasteiger partial charge in [0.1, 0.15) is 6.61 Å². The summed E-state index contributed by atoms with van der Waals surface area (Å²) < 4.78 is 4.90. The average molecular weight is 270 g/mol. The molecule has 0 heterocycles. The van der Waals surface area contributed by atoms with E-state index < -0.39 is 0 Å². The molecule has 3 nitrogen and oxygen atoms in total. The van der Waals surface area contributed by atoms with Crippen LogP contribution in [0.15, 0.2) is 43.0 Å². The number of hydrogen-bond acceptors (Lipinski definition) is 3. The van der Waals surface area contributed by atoms with Crippen LogP contribution in [0.2, 0.25) is 0 Å². The summed E-state index contributed by atoms with van der Waals surface area (Å²) in [4.78, 5) is 10.8. The number of benzene rings is 1. The van der Waals surface area contributed by atoms with Crippen LogP contribution in [0, 0.1) is 0 Å². The summed E-state index contributed by atoms with van der Waals surface area (Å²) >= 11 is 0. The predicted octanol–water partition coefficient (Wildman–Crippen LogP) is 2.66. The molecule has 0 aliphatic carbocycles. The summed E-state index contributed by atoms with van der Waals surface area (Å²) in [5, 5.41) is 3.34. The molecule has 4 heteroatoms. The number of carbonyl (C=O) groups is 1. The third-order valence-corrected chi connectivity index (χ3v) is 2.58. The molecule has 100 valence electrons. The maximum atomic E-state index is 10.8. The van der Waals surface area contributed by atoms with E-state index in [4.69, 9.17) is 4.74 Å². The largest absolute Gasteiger partial charge is 0.461 e. The lowest BCUT2D eigenvalue weighted by Gasteiger charge is -2.26. The van der Waals surface area contributed by atoms with Crippen molar-refractivity contribution in [2.75, 3.05) is 13.2 Å². The Kier molecular flexibility index (Phi) is 7.32. The molecule has 1 aromatic rings. The molecule has 0 bridgehead atoms. The number of hydrogen-bond donors (Lipinski definition) is 1. The Morgan fingerprint density at radius 1 is 1.39 bits per heavy atom. The fourth-order valence-electron chi connectivity index (χ4n) is 1.53. The summed E-state index contributed by atoms with van der Waals surface area (Å²) in [5.74, 6) is -0.385. The summed E-state index contributed by atoms with van der Waals surface area (Å²) in [5.41, 5.74) is 1.07. The second kappa shape index (κ2) is 7.90. The molecule has 0 saturated heterocycles. The van der Waals surface area contributed by atoms with Gasteiger partial charge in [-0.05, 0) is 19.4 Å². The Morgan fingerprint density at radius 2 is 2.00 bits per heavy atom. The molecule has 0 spiro atoms. The van der Waals surface area contributed by atoms with Crippen molar-refractivity contribution in [3.63, 3.8) is 0 Å². The van der Waals surface area contributed by atoms with Crippen LogP contribution in [0.1, 0.15) is 19.4 Å². The van der Waals surface area contributed by atoms with Crippen LogP contribution in [0.5, 0.6) is 0 Å². The molecule has 1 rings (SSSR count). The van der Waals surface area contributed by atoms with E-state index in [-0.39, 0.29) is 23.9 Å². The highest BCUT2D eigenvalue weighted by Crippen LogP contribution is 2.18. The predicted molar refractivity (Wildman–Crippen MR) is 75.9 cm³/mol. The lowest BCUT2D eigenvalue weighted by atomic mass is 9.94. The van der Waals surface area contributed by atoms with Crippen LogP contribution in [-0.2, 0) is 15.1 Å². The molecule has 0 aliphatic heterocycles. The molecule has 0 amide bonds. The van der Waals surface area contributed by atoms with Gasteiger partial charge in [-0.25, -0.2) is 4.79 Å². The molecular weight excluding hydrogens is 250 g/mol. The Bertz CT molecular complexity index is 377. The highest BCUT2D eigenvalue weighted by atomic mass is 35.5. The topological polar surface area (TPSA) is 38.3 Å². The van der Waals surface area contributed by atoms with Gasteiger partial charge in [-0.15, -0.1) is 12.4 Å². The molecule has 0 aliphatic rings. The molecule has 0 aromatic heterocycles. The number of rotatable bonds is 6. The third kappa shape index (κ3) is 5.34. The third-order valence-electron chi connectivity index (χ3n) is 2.58.